The summed E-state index contributed by atoms with van der Waals surface area (Å²) in [5.74, 6) is -0.361. The molecule has 0 aromatic rings. The molecule has 4 heteroatoms. The average molecular weight is 159 g/mol. The third-order valence-electron chi connectivity index (χ3n) is 1.01. The molecule has 0 atom stereocenters. The molecule has 0 spiro atoms. The van der Waals surface area contributed by atoms with Gasteiger partial charge in [-0.3, -0.25) is 9.79 Å². The Morgan fingerprint density at radius 1 is 1.64 bits per heavy atom. The van der Waals surface area contributed by atoms with Gasteiger partial charge in [-0.1, -0.05) is 0 Å². The third-order valence-corrected chi connectivity index (χ3v) is 1.01. The van der Waals surface area contributed by atoms with E-state index in [2.05, 4.69) is 9.73 Å². The highest BCUT2D eigenvalue weighted by atomic mass is 16.5. The van der Waals surface area contributed by atoms with Crippen molar-refractivity contribution in [3.8, 4) is 0 Å². The predicted octanol–water partition coefficient (Wildman–Crippen LogP) is 0.00270. The van der Waals surface area contributed by atoms with Crippen LogP contribution in [0.3, 0.4) is 0 Å². The molecule has 0 bridgehead atoms. The summed E-state index contributed by atoms with van der Waals surface area (Å²) in [6.07, 6.45) is 0. The first-order chi connectivity index (χ1) is 5.20. The zero-order chi connectivity index (χ0) is 8.69. The van der Waals surface area contributed by atoms with Crippen LogP contribution in [0.15, 0.2) is 4.99 Å². The molecule has 0 rings (SSSR count). The highest BCUT2D eigenvalue weighted by molar-refractivity contribution is 5.85. The summed E-state index contributed by atoms with van der Waals surface area (Å²) in [5, 5.41) is 8.49. The van der Waals surface area contributed by atoms with E-state index in [1.165, 1.54) is 0 Å². The van der Waals surface area contributed by atoms with Gasteiger partial charge in [0.15, 0.2) is 0 Å². The molecule has 0 amide bonds. The van der Waals surface area contributed by atoms with Crippen LogP contribution in [-0.4, -0.2) is 36.5 Å². The summed E-state index contributed by atoms with van der Waals surface area (Å²) in [5.41, 5.74) is 0.540. The molecule has 0 aromatic carbocycles. The number of hydrogen-bond acceptors (Lipinski definition) is 4. The maximum absolute atomic E-state index is 10.7. The van der Waals surface area contributed by atoms with Crippen molar-refractivity contribution in [2.75, 3.05) is 19.8 Å². The molecule has 0 radical (unpaired) electrons. The number of rotatable bonds is 4. The lowest BCUT2D eigenvalue weighted by molar-refractivity contribution is -0.141. The highest BCUT2D eigenvalue weighted by Crippen LogP contribution is 1.81. The molecule has 64 valence electrons. The first kappa shape index (κ1) is 10.1. The number of aliphatic hydroxyl groups is 1. The van der Waals surface area contributed by atoms with Crippen molar-refractivity contribution in [1.29, 1.82) is 0 Å². The Morgan fingerprint density at radius 3 is 2.73 bits per heavy atom. The van der Waals surface area contributed by atoms with Crippen LogP contribution in [0.1, 0.15) is 13.8 Å². The Balaban J connectivity index is 3.60. The molecule has 4 nitrogen and oxygen atoms in total. The molecule has 1 N–H and O–H groups in total. The number of hydrogen-bond donors (Lipinski definition) is 1. The Labute approximate surface area is 65.9 Å². The number of ether oxygens (including phenoxy) is 1. The molecular weight excluding hydrogens is 146 g/mol. The van der Waals surface area contributed by atoms with Gasteiger partial charge in [0.2, 0.25) is 0 Å². The van der Waals surface area contributed by atoms with Crippen LogP contribution >= 0.6 is 0 Å². The summed E-state index contributed by atoms with van der Waals surface area (Å²) in [7, 11) is 0. The minimum absolute atomic E-state index is 0.000231. The van der Waals surface area contributed by atoms with E-state index in [1.807, 2.05) is 0 Å². The van der Waals surface area contributed by atoms with Gasteiger partial charge in [0.05, 0.1) is 13.2 Å². The zero-order valence-corrected chi connectivity index (χ0v) is 6.83. The van der Waals surface area contributed by atoms with Crippen LogP contribution < -0.4 is 0 Å². The normalized spacial score (nSPS) is 11.4. The summed E-state index contributed by atoms with van der Waals surface area (Å²) in [4.78, 5) is 14.4. The second-order valence-electron chi connectivity index (χ2n) is 2.01. The van der Waals surface area contributed by atoms with E-state index in [-0.39, 0.29) is 19.1 Å². The fourth-order valence-corrected chi connectivity index (χ4v) is 0.456. The van der Waals surface area contributed by atoms with Crippen molar-refractivity contribution in [2.45, 2.75) is 13.8 Å². The van der Waals surface area contributed by atoms with Gasteiger partial charge in [0, 0.05) is 5.71 Å². The van der Waals surface area contributed by atoms with Crippen LogP contribution in [0.5, 0.6) is 0 Å². The van der Waals surface area contributed by atoms with Gasteiger partial charge in [-0.2, -0.15) is 0 Å². The molecule has 0 fully saturated rings. The Hall–Kier alpha value is -0.900. The second kappa shape index (κ2) is 5.85. The van der Waals surface area contributed by atoms with E-state index in [0.717, 1.165) is 0 Å². The summed E-state index contributed by atoms with van der Waals surface area (Å²) in [6, 6.07) is 0. The standard InChI is InChI=1S/C7H13NO3/c1-3-11-7(10)4-8-6(2)5-9/h9H,3-5H2,1-2H3. The van der Waals surface area contributed by atoms with Crippen molar-refractivity contribution in [3.05, 3.63) is 0 Å². The van der Waals surface area contributed by atoms with E-state index >= 15 is 0 Å². The first-order valence-electron chi connectivity index (χ1n) is 3.47. The largest absolute Gasteiger partial charge is 0.465 e. The van der Waals surface area contributed by atoms with Gasteiger partial charge in [0.1, 0.15) is 6.54 Å². The van der Waals surface area contributed by atoms with E-state index in [0.29, 0.717) is 12.3 Å². The van der Waals surface area contributed by atoms with Crippen molar-refractivity contribution >= 4 is 11.7 Å². The van der Waals surface area contributed by atoms with Gasteiger partial charge < -0.3 is 9.84 Å². The summed E-state index contributed by atoms with van der Waals surface area (Å²) < 4.78 is 4.61. The van der Waals surface area contributed by atoms with Crippen LogP contribution in [-0.2, 0) is 9.53 Å². The molecular formula is C7H13NO3. The van der Waals surface area contributed by atoms with Crippen LogP contribution in [0.25, 0.3) is 0 Å². The molecule has 0 saturated heterocycles. The summed E-state index contributed by atoms with van der Waals surface area (Å²) >= 11 is 0. The number of nitrogens with zero attached hydrogens (tertiary/aromatic N) is 1. The van der Waals surface area contributed by atoms with Crippen molar-refractivity contribution < 1.29 is 14.6 Å². The monoisotopic (exact) mass is 159 g/mol. The third kappa shape index (κ3) is 5.54. The van der Waals surface area contributed by atoms with Gasteiger partial charge >= 0.3 is 5.97 Å². The second-order valence-corrected chi connectivity index (χ2v) is 2.01. The van der Waals surface area contributed by atoms with E-state index < -0.39 is 0 Å². The van der Waals surface area contributed by atoms with E-state index in [9.17, 15) is 4.79 Å². The predicted molar refractivity (Wildman–Crippen MR) is 41.7 cm³/mol. The Bertz CT molecular complexity index is 154. The fourth-order valence-electron chi connectivity index (χ4n) is 0.456. The van der Waals surface area contributed by atoms with Crippen molar-refractivity contribution in [3.63, 3.8) is 0 Å². The molecule has 0 aromatic heterocycles. The lowest BCUT2D eigenvalue weighted by Gasteiger charge is -1.97. The summed E-state index contributed by atoms with van der Waals surface area (Å²) in [6.45, 7) is 3.64. The number of aliphatic hydroxyl groups excluding tert-OH is 1. The molecule has 0 saturated carbocycles. The Kier molecular flexibility index (Phi) is 5.37. The highest BCUT2D eigenvalue weighted by Gasteiger charge is 1.98. The number of carbonyl (C=O) groups is 1. The minimum Gasteiger partial charge on any atom is -0.465 e. The lowest BCUT2D eigenvalue weighted by atomic mass is 10.4. The van der Waals surface area contributed by atoms with Crippen LogP contribution in [0.2, 0.25) is 0 Å². The van der Waals surface area contributed by atoms with E-state index in [4.69, 9.17) is 5.11 Å². The topological polar surface area (TPSA) is 58.9 Å². The first-order valence-corrected chi connectivity index (χ1v) is 3.47. The fraction of sp³-hybridized carbons (Fsp3) is 0.714. The van der Waals surface area contributed by atoms with Gasteiger partial charge in [-0.05, 0) is 13.8 Å². The van der Waals surface area contributed by atoms with Crippen molar-refractivity contribution in [1.82, 2.24) is 0 Å². The van der Waals surface area contributed by atoms with Crippen LogP contribution in [0.4, 0.5) is 0 Å². The smallest absolute Gasteiger partial charge is 0.327 e. The quantitative estimate of drug-likeness (QED) is 0.464. The molecule has 0 aliphatic heterocycles. The SMILES string of the molecule is CCOC(=O)CN=C(C)CO. The maximum atomic E-state index is 10.7. The van der Waals surface area contributed by atoms with Gasteiger partial charge in [-0.15, -0.1) is 0 Å². The lowest BCUT2D eigenvalue weighted by Crippen LogP contribution is -2.10. The molecule has 0 heterocycles. The number of esters is 1. The minimum atomic E-state index is -0.361. The molecule has 11 heavy (non-hydrogen) atoms. The van der Waals surface area contributed by atoms with Gasteiger partial charge in [-0.25, -0.2) is 0 Å². The molecule has 0 aliphatic rings. The molecule has 0 unspecified atom stereocenters. The average Bonchev–Trinajstić information content (AvgIpc) is 2.01. The zero-order valence-electron chi connectivity index (χ0n) is 6.83. The van der Waals surface area contributed by atoms with Crippen molar-refractivity contribution in [2.24, 2.45) is 4.99 Å². The number of aliphatic imine (C=N–C) groups is 1. The van der Waals surface area contributed by atoms with E-state index in [1.54, 1.807) is 13.8 Å². The number of carbonyl (C=O) groups excluding carboxylic acids is 1. The van der Waals surface area contributed by atoms with Gasteiger partial charge in [0.25, 0.3) is 0 Å². The van der Waals surface area contributed by atoms with Crippen LogP contribution in [0, 0.1) is 0 Å². The Morgan fingerprint density at radius 2 is 2.27 bits per heavy atom. The molecule has 0 aliphatic carbocycles. The maximum Gasteiger partial charge on any atom is 0.327 e.